The van der Waals surface area contributed by atoms with Crippen LogP contribution in [-0.2, 0) is 55.9 Å². The van der Waals surface area contributed by atoms with Gasteiger partial charge in [0.15, 0.2) is 0 Å². The van der Waals surface area contributed by atoms with Crippen molar-refractivity contribution in [3.63, 3.8) is 0 Å². The molecule has 2 aromatic carbocycles. The van der Waals surface area contributed by atoms with E-state index in [0.29, 0.717) is 23.3 Å². The second-order valence-corrected chi connectivity index (χ2v) is 18.3. The van der Waals surface area contributed by atoms with E-state index in [1.54, 1.807) is 56.3 Å². The molecule has 8 atom stereocenters. The van der Waals surface area contributed by atoms with Crippen LogP contribution in [0.2, 0.25) is 0 Å². The molecule has 2 heterocycles. The molecule has 2 aliphatic rings. The Hall–Kier alpha value is -5.95. The molecule has 0 unspecified atom stereocenters. The second kappa shape index (κ2) is 25.8. The Morgan fingerprint density at radius 1 is 0.910 bits per heavy atom. The number of benzene rings is 2. The number of ether oxygens (including phenoxy) is 1. The van der Waals surface area contributed by atoms with Crippen LogP contribution >= 0.6 is 11.8 Å². The zero-order valence-corrected chi connectivity index (χ0v) is 40.2. The average molecular weight is 950 g/mol. The van der Waals surface area contributed by atoms with Crippen molar-refractivity contribution >= 4 is 59.1 Å². The summed E-state index contributed by atoms with van der Waals surface area (Å²) in [6.07, 6.45) is 2.60. The van der Waals surface area contributed by atoms with Crippen LogP contribution in [0.15, 0.2) is 66.4 Å². The number of unbranched alkanes of at least 4 members (excludes halogenated alkanes) is 2. The summed E-state index contributed by atoms with van der Waals surface area (Å²) >= 11 is 1.45. The molecule has 2 aromatic rings. The Kier molecular flexibility index (Phi) is 20.7. The van der Waals surface area contributed by atoms with Crippen LogP contribution in [0.5, 0.6) is 5.75 Å². The number of nitrogens with zero attached hydrogens (tertiary/aromatic N) is 2. The van der Waals surface area contributed by atoms with Gasteiger partial charge >= 0.3 is 5.97 Å². The Balaban J connectivity index is 1.82. The van der Waals surface area contributed by atoms with E-state index < -0.39 is 95.9 Å². The lowest BCUT2D eigenvalue weighted by Gasteiger charge is -2.43. The lowest BCUT2D eigenvalue weighted by Crippen LogP contribution is -2.64. The number of thioether (sulfide) groups is 1. The molecule has 2 aliphatic heterocycles. The predicted molar refractivity (Wildman–Crippen MR) is 252 cm³/mol. The summed E-state index contributed by atoms with van der Waals surface area (Å²) in [5, 5.41) is 34.8. The minimum atomic E-state index is -1.66. The number of rotatable bonds is 15. The molecule has 0 spiro atoms. The van der Waals surface area contributed by atoms with E-state index >= 15 is 0 Å². The summed E-state index contributed by atoms with van der Waals surface area (Å²) in [7, 11) is 1.38. The van der Waals surface area contributed by atoms with Crippen molar-refractivity contribution in [3.05, 3.63) is 77.5 Å². The number of amides is 7. The molecule has 2 saturated heterocycles. The summed E-state index contributed by atoms with van der Waals surface area (Å²) in [6, 6.07) is 6.60. The number of carbonyl (C=O) groups excluding carboxylic acids is 8. The van der Waals surface area contributed by atoms with E-state index in [1.807, 2.05) is 13.2 Å². The van der Waals surface area contributed by atoms with Crippen molar-refractivity contribution in [1.82, 2.24) is 36.4 Å². The molecular formula is C48H67N7O11S. The molecule has 2 fully saturated rings. The zero-order valence-electron chi connectivity index (χ0n) is 39.4. The number of aromatic hydroxyl groups is 1. The summed E-state index contributed by atoms with van der Waals surface area (Å²) in [6.45, 7) is 8.11. The highest BCUT2D eigenvalue weighted by molar-refractivity contribution is 7.98. The van der Waals surface area contributed by atoms with Crippen LogP contribution in [0.4, 0.5) is 0 Å². The Bertz CT molecular complexity index is 2090. The van der Waals surface area contributed by atoms with Gasteiger partial charge in [-0.15, -0.1) is 0 Å². The van der Waals surface area contributed by atoms with Crippen LogP contribution in [0, 0.1) is 5.92 Å². The Morgan fingerprint density at radius 2 is 1.57 bits per heavy atom. The summed E-state index contributed by atoms with van der Waals surface area (Å²) in [4.78, 5) is 116. The number of fused-ring (bicyclic) bond motifs is 2. The standard InChI is InChI=1S/C48H67N7O11S/c1-8-10-12-17-38(57)49-34(24-25-67-7)43(60)53-41-29(5)66-48(65)40(28(3)4)52-44(61)36(26-31-18-20-32(56)21-19-31)54(6)47(64)37(27-30-15-13-11-14-16-30)55-39(58)23-22-35(46(55)63)51-42(59)33(9-2)50-45(41)62/h9,11,13-16,18-21,28-29,34-37,39-41,56,58H,8,10,12,17,22-27H2,1-7H3,(H,49,57)(H,50,62)(H,51,59)(H,52,61)(H,53,60)/b33-9-/t29-,34+,35+,36+,37+,39-,40+,41+/m1/s1. The number of piperidine rings is 1. The van der Waals surface area contributed by atoms with Gasteiger partial charge in [0.25, 0.3) is 11.8 Å². The van der Waals surface area contributed by atoms with Crippen LogP contribution in [0.3, 0.4) is 0 Å². The van der Waals surface area contributed by atoms with E-state index in [4.69, 9.17) is 4.74 Å². The molecule has 0 saturated carbocycles. The van der Waals surface area contributed by atoms with Crippen LogP contribution in [-0.4, -0.2) is 135 Å². The number of nitrogens with one attached hydrogen (secondary N) is 5. The summed E-state index contributed by atoms with van der Waals surface area (Å²) < 4.78 is 5.88. The van der Waals surface area contributed by atoms with Gasteiger partial charge in [-0.2, -0.15) is 11.8 Å². The monoisotopic (exact) mass is 949 g/mol. The van der Waals surface area contributed by atoms with Crippen LogP contribution in [0.1, 0.15) is 90.7 Å². The molecular weight excluding hydrogens is 883 g/mol. The van der Waals surface area contributed by atoms with E-state index in [2.05, 4.69) is 26.6 Å². The number of cyclic esters (lactones) is 1. The minimum Gasteiger partial charge on any atom is -0.508 e. The molecule has 366 valence electrons. The maximum Gasteiger partial charge on any atom is 0.329 e. The normalized spacial score (nSPS) is 24.7. The molecule has 7 N–H and O–H groups in total. The Labute approximate surface area is 396 Å². The molecule has 18 nitrogen and oxygen atoms in total. The molecule has 2 bridgehead atoms. The van der Waals surface area contributed by atoms with Crippen molar-refractivity contribution in [2.24, 2.45) is 5.92 Å². The van der Waals surface area contributed by atoms with Gasteiger partial charge in [0, 0.05) is 26.3 Å². The van der Waals surface area contributed by atoms with Gasteiger partial charge < -0.3 is 51.3 Å². The van der Waals surface area contributed by atoms with Gasteiger partial charge in [-0.1, -0.05) is 82.2 Å². The Morgan fingerprint density at radius 3 is 2.19 bits per heavy atom. The first-order valence-corrected chi connectivity index (χ1v) is 24.3. The third-order valence-corrected chi connectivity index (χ3v) is 12.5. The van der Waals surface area contributed by atoms with Gasteiger partial charge in [-0.3, -0.25) is 33.6 Å². The highest BCUT2D eigenvalue weighted by Crippen LogP contribution is 2.25. The quantitative estimate of drug-likeness (QED) is 0.0772. The first-order valence-electron chi connectivity index (χ1n) is 22.9. The predicted octanol–water partition coefficient (Wildman–Crippen LogP) is 2.21. The third-order valence-electron chi connectivity index (χ3n) is 11.9. The van der Waals surface area contributed by atoms with Gasteiger partial charge in [0.1, 0.15) is 60.0 Å². The highest BCUT2D eigenvalue weighted by atomic mass is 32.2. The molecule has 0 aromatic heterocycles. The number of hydrogen-bond donors (Lipinski definition) is 7. The SMILES string of the molecule is C/C=C1\NC(=O)[C@@H](NC(=O)[C@H](CCSC)NC(=O)CCCCC)[C@@H](C)OC(=O)[C@H](C(C)C)NC(=O)[C@H](Cc2ccc(O)cc2)N(C)C(=O)[C@H](Cc2ccccc2)N2C(=O)[C@H](CC[C@H]2O)NC1=O. The fourth-order valence-electron chi connectivity index (χ4n) is 7.93. The number of phenols is 1. The number of esters is 1. The van der Waals surface area contributed by atoms with Crippen molar-refractivity contribution in [2.75, 3.05) is 19.1 Å². The third kappa shape index (κ3) is 15.0. The first kappa shape index (κ1) is 53.7. The van der Waals surface area contributed by atoms with Crippen molar-refractivity contribution in [2.45, 2.75) is 141 Å². The van der Waals surface area contributed by atoms with E-state index in [-0.39, 0.29) is 55.9 Å². The molecule has 0 radical (unpaired) electrons. The van der Waals surface area contributed by atoms with Gasteiger partial charge in [-0.05, 0) is 80.7 Å². The maximum absolute atomic E-state index is 15.0. The minimum absolute atomic E-state index is 0.0367. The number of likely N-dealkylation sites (N-methyl/N-ethyl adjacent to an activating group) is 1. The largest absolute Gasteiger partial charge is 0.508 e. The fourth-order valence-corrected chi connectivity index (χ4v) is 8.40. The lowest BCUT2D eigenvalue weighted by atomic mass is 9.95. The van der Waals surface area contributed by atoms with Crippen LogP contribution in [0.25, 0.3) is 0 Å². The molecule has 7 amide bonds. The highest BCUT2D eigenvalue weighted by Gasteiger charge is 2.45. The maximum atomic E-state index is 15.0. The van der Waals surface area contributed by atoms with E-state index in [9.17, 15) is 48.6 Å². The average Bonchev–Trinajstić information content (AvgIpc) is 3.29. The van der Waals surface area contributed by atoms with Crippen molar-refractivity contribution in [1.29, 1.82) is 0 Å². The molecule has 4 rings (SSSR count). The number of carbonyl (C=O) groups is 8. The van der Waals surface area contributed by atoms with Gasteiger partial charge in [-0.25, -0.2) is 4.79 Å². The number of aliphatic hydroxyl groups excluding tert-OH is 1. The second-order valence-electron chi connectivity index (χ2n) is 17.3. The zero-order chi connectivity index (χ0) is 49.4. The van der Waals surface area contributed by atoms with E-state index in [0.717, 1.165) is 22.6 Å². The smallest absolute Gasteiger partial charge is 0.329 e. The first-order chi connectivity index (χ1) is 31.9. The number of hydrogen-bond acceptors (Lipinski definition) is 12. The molecule has 67 heavy (non-hydrogen) atoms. The van der Waals surface area contributed by atoms with E-state index in [1.165, 1.54) is 50.9 Å². The van der Waals surface area contributed by atoms with Crippen molar-refractivity contribution in [3.8, 4) is 5.75 Å². The summed E-state index contributed by atoms with van der Waals surface area (Å²) in [5.41, 5.74) is 0.832. The topological polar surface area (TPSA) is 253 Å². The lowest BCUT2D eigenvalue weighted by molar-refractivity contribution is -0.165. The number of allylic oxidation sites excluding steroid dienone is 1. The molecule has 0 aliphatic carbocycles. The molecule has 19 heteroatoms. The van der Waals surface area contributed by atoms with Crippen molar-refractivity contribution < 1.29 is 53.3 Å². The summed E-state index contributed by atoms with van der Waals surface area (Å²) in [5.74, 6) is -6.47. The fraction of sp³-hybridized carbons (Fsp3) is 0.542. The van der Waals surface area contributed by atoms with Gasteiger partial charge in [0.2, 0.25) is 29.5 Å². The number of phenolic OH excluding ortho intramolecular Hbond substituents is 1. The van der Waals surface area contributed by atoms with Gasteiger partial charge in [0.05, 0.1) is 0 Å². The van der Waals surface area contributed by atoms with Crippen LogP contribution < -0.4 is 26.6 Å². The number of aliphatic hydroxyl groups is 1.